The third-order valence-electron chi connectivity index (χ3n) is 5.41. The SMILES string of the molecule is CCc1nn(C)c(OC)c1CN=C(NCC(=O)N(C)C)NCC1CCCN1CC.I. The maximum atomic E-state index is 12.0. The van der Waals surface area contributed by atoms with Crippen LogP contribution in [-0.4, -0.2) is 84.9 Å². The van der Waals surface area contributed by atoms with Crippen molar-refractivity contribution < 1.29 is 9.53 Å². The van der Waals surface area contributed by atoms with Gasteiger partial charge in [-0.15, -0.1) is 24.0 Å². The highest BCUT2D eigenvalue weighted by atomic mass is 127. The number of ether oxygens (including phenoxy) is 1. The molecule has 0 saturated carbocycles. The van der Waals surface area contributed by atoms with Crippen LogP contribution in [0.15, 0.2) is 4.99 Å². The number of aromatic nitrogens is 2. The van der Waals surface area contributed by atoms with Gasteiger partial charge < -0.3 is 20.3 Å². The zero-order valence-corrected chi connectivity index (χ0v) is 21.5. The largest absolute Gasteiger partial charge is 0.481 e. The summed E-state index contributed by atoms with van der Waals surface area (Å²) in [5.74, 6) is 1.36. The number of carbonyl (C=O) groups is 1. The lowest BCUT2D eigenvalue weighted by atomic mass is 10.2. The summed E-state index contributed by atoms with van der Waals surface area (Å²) in [4.78, 5) is 20.8. The minimum atomic E-state index is 0. The molecule has 0 spiro atoms. The van der Waals surface area contributed by atoms with Crippen LogP contribution in [0.3, 0.4) is 0 Å². The second kappa shape index (κ2) is 13.0. The van der Waals surface area contributed by atoms with E-state index in [2.05, 4.69) is 34.5 Å². The van der Waals surface area contributed by atoms with Gasteiger partial charge in [0.05, 0.1) is 31.5 Å². The van der Waals surface area contributed by atoms with Gasteiger partial charge in [-0.3, -0.25) is 9.69 Å². The quantitative estimate of drug-likeness (QED) is 0.281. The number of halogens is 1. The fourth-order valence-corrected chi connectivity index (χ4v) is 3.71. The summed E-state index contributed by atoms with van der Waals surface area (Å²) < 4.78 is 7.26. The van der Waals surface area contributed by atoms with E-state index >= 15 is 0 Å². The predicted octanol–water partition coefficient (Wildman–Crippen LogP) is 1.22. The number of aryl methyl sites for hydroxylation is 2. The molecule has 1 fully saturated rings. The minimum Gasteiger partial charge on any atom is -0.481 e. The average molecular weight is 535 g/mol. The summed E-state index contributed by atoms with van der Waals surface area (Å²) in [6.07, 6.45) is 3.22. The summed E-state index contributed by atoms with van der Waals surface area (Å²) in [7, 11) is 7.02. The zero-order chi connectivity index (χ0) is 21.4. The summed E-state index contributed by atoms with van der Waals surface area (Å²) in [6.45, 7) is 7.91. The molecule has 0 aromatic carbocycles. The number of aliphatic imine (C=N–C) groups is 1. The van der Waals surface area contributed by atoms with Crippen LogP contribution in [0.5, 0.6) is 5.88 Å². The molecule has 0 radical (unpaired) electrons. The number of likely N-dealkylation sites (tertiary alicyclic amines) is 1. The normalized spacial score (nSPS) is 16.9. The van der Waals surface area contributed by atoms with Crippen molar-refractivity contribution in [3.05, 3.63) is 11.3 Å². The predicted molar refractivity (Wildman–Crippen MR) is 131 cm³/mol. The van der Waals surface area contributed by atoms with Crippen LogP contribution in [0.25, 0.3) is 0 Å². The number of guanidine groups is 1. The molecule has 1 aromatic heterocycles. The van der Waals surface area contributed by atoms with E-state index < -0.39 is 0 Å². The molecule has 1 atom stereocenters. The van der Waals surface area contributed by atoms with Gasteiger partial charge in [0, 0.05) is 33.7 Å². The Balaban J connectivity index is 0.00000450. The maximum Gasteiger partial charge on any atom is 0.241 e. The summed E-state index contributed by atoms with van der Waals surface area (Å²) in [5.41, 5.74) is 1.96. The lowest BCUT2D eigenvalue weighted by molar-refractivity contribution is -0.127. The molecule has 1 unspecified atom stereocenters. The fourth-order valence-electron chi connectivity index (χ4n) is 3.71. The monoisotopic (exact) mass is 535 g/mol. The van der Waals surface area contributed by atoms with Crippen LogP contribution in [0.2, 0.25) is 0 Å². The summed E-state index contributed by atoms with van der Waals surface area (Å²) in [5, 5.41) is 11.1. The Morgan fingerprint density at radius 3 is 2.67 bits per heavy atom. The van der Waals surface area contributed by atoms with E-state index in [0.29, 0.717) is 18.5 Å². The second-order valence-corrected chi connectivity index (χ2v) is 7.52. The number of likely N-dealkylation sites (N-methyl/N-ethyl adjacent to an activating group) is 2. The highest BCUT2D eigenvalue weighted by Crippen LogP contribution is 2.23. The molecule has 1 aromatic rings. The minimum absolute atomic E-state index is 0. The van der Waals surface area contributed by atoms with Crippen molar-refractivity contribution in [1.29, 1.82) is 0 Å². The molecule has 1 aliphatic rings. The number of nitrogens with zero attached hydrogens (tertiary/aromatic N) is 5. The first-order valence-corrected chi connectivity index (χ1v) is 10.5. The Bertz CT molecular complexity index is 706. The number of amides is 1. The standard InChI is InChI=1S/C20H37N7O2.HI/c1-7-17-16(19(29-6)26(5)24-17)13-22-20(23-14-18(28)25(3)4)21-12-15-10-9-11-27(15)8-2;/h15H,7-14H2,1-6H3,(H2,21,22,23);1H. The molecule has 2 N–H and O–H groups in total. The number of carbonyl (C=O) groups excluding carboxylic acids is 1. The Kier molecular flexibility index (Phi) is 11.5. The molecule has 9 nitrogen and oxygen atoms in total. The topological polar surface area (TPSA) is 87.0 Å². The molecular formula is C20H38IN7O2. The highest BCUT2D eigenvalue weighted by Gasteiger charge is 2.23. The van der Waals surface area contributed by atoms with Gasteiger partial charge in [0.15, 0.2) is 5.96 Å². The molecule has 30 heavy (non-hydrogen) atoms. The van der Waals surface area contributed by atoms with Crippen LogP contribution in [0.1, 0.15) is 37.9 Å². The molecule has 1 amide bonds. The van der Waals surface area contributed by atoms with Gasteiger partial charge in [-0.1, -0.05) is 13.8 Å². The first kappa shape index (κ1) is 26.5. The van der Waals surface area contributed by atoms with E-state index in [4.69, 9.17) is 9.73 Å². The lowest BCUT2D eigenvalue weighted by Crippen LogP contribution is -2.47. The van der Waals surface area contributed by atoms with Crippen LogP contribution in [0, 0.1) is 0 Å². The molecule has 0 bridgehead atoms. The first-order valence-electron chi connectivity index (χ1n) is 10.5. The van der Waals surface area contributed by atoms with Crippen molar-refractivity contribution in [3.8, 4) is 5.88 Å². The van der Waals surface area contributed by atoms with E-state index in [-0.39, 0.29) is 36.4 Å². The van der Waals surface area contributed by atoms with Crippen molar-refractivity contribution >= 4 is 35.8 Å². The van der Waals surface area contributed by atoms with Crippen molar-refractivity contribution in [2.45, 2.75) is 45.7 Å². The van der Waals surface area contributed by atoms with Gasteiger partial charge >= 0.3 is 0 Å². The van der Waals surface area contributed by atoms with Crippen LogP contribution >= 0.6 is 24.0 Å². The number of nitrogens with one attached hydrogen (secondary N) is 2. The van der Waals surface area contributed by atoms with Gasteiger partial charge in [-0.2, -0.15) is 5.10 Å². The average Bonchev–Trinajstić information content (AvgIpc) is 3.29. The van der Waals surface area contributed by atoms with Gasteiger partial charge in [0.25, 0.3) is 0 Å². The second-order valence-electron chi connectivity index (χ2n) is 7.52. The van der Waals surface area contributed by atoms with Crippen molar-refractivity contribution in [2.24, 2.45) is 12.0 Å². The van der Waals surface area contributed by atoms with E-state index in [0.717, 1.165) is 43.2 Å². The third-order valence-corrected chi connectivity index (χ3v) is 5.41. The molecular weight excluding hydrogens is 497 g/mol. The number of hydrogen-bond acceptors (Lipinski definition) is 5. The number of methoxy groups -OCH3 is 1. The van der Waals surface area contributed by atoms with E-state index in [9.17, 15) is 4.79 Å². The molecule has 0 aliphatic carbocycles. The lowest BCUT2D eigenvalue weighted by Gasteiger charge is -2.24. The summed E-state index contributed by atoms with van der Waals surface area (Å²) in [6, 6.07) is 0.496. The maximum absolute atomic E-state index is 12.0. The Morgan fingerprint density at radius 2 is 2.07 bits per heavy atom. The molecule has 2 heterocycles. The van der Waals surface area contributed by atoms with Crippen LogP contribution in [-0.2, 0) is 24.8 Å². The smallest absolute Gasteiger partial charge is 0.241 e. The molecule has 172 valence electrons. The van der Waals surface area contributed by atoms with Crippen molar-refractivity contribution in [2.75, 3.05) is 47.4 Å². The first-order chi connectivity index (χ1) is 13.9. The van der Waals surface area contributed by atoms with E-state index in [1.807, 2.05) is 7.05 Å². The van der Waals surface area contributed by atoms with E-state index in [1.54, 1.807) is 30.8 Å². The fraction of sp³-hybridized carbons (Fsp3) is 0.750. The Hall–Kier alpha value is -1.56. The van der Waals surface area contributed by atoms with Crippen LogP contribution < -0.4 is 15.4 Å². The van der Waals surface area contributed by atoms with Gasteiger partial charge in [0.2, 0.25) is 11.8 Å². The molecule has 1 saturated heterocycles. The number of rotatable bonds is 9. The van der Waals surface area contributed by atoms with Crippen molar-refractivity contribution in [1.82, 2.24) is 30.2 Å². The highest BCUT2D eigenvalue weighted by molar-refractivity contribution is 14.0. The van der Waals surface area contributed by atoms with Crippen LogP contribution in [0.4, 0.5) is 0 Å². The Morgan fingerprint density at radius 1 is 1.33 bits per heavy atom. The zero-order valence-electron chi connectivity index (χ0n) is 19.2. The van der Waals surface area contributed by atoms with Gasteiger partial charge in [0.1, 0.15) is 0 Å². The van der Waals surface area contributed by atoms with E-state index in [1.165, 1.54) is 12.8 Å². The molecule has 10 heteroatoms. The molecule has 1 aliphatic heterocycles. The Labute approximate surface area is 197 Å². The van der Waals surface area contributed by atoms with Crippen molar-refractivity contribution in [3.63, 3.8) is 0 Å². The number of hydrogen-bond donors (Lipinski definition) is 2. The third kappa shape index (κ3) is 7.00. The van der Waals surface area contributed by atoms with Gasteiger partial charge in [-0.25, -0.2) is 9.67 Å². The van der Waals surface area contributed by atoms with Gasteiger partial charge in [-0.05, 0) is 32.4 Å². The summed E-state index contributed by atoms with van der Waals surface area (Å²) >= 11 is 0. The molecule has 2 rings (SSSR count).